The summed E-state index contributed by atoms with van der Waals surface area (Å²) in [6, 6.07) is 10.3. The van der Waals surface area contributed by atoms with Crippen LogP contribution in [0.4, 0.5) is 5.69 Å². The molecule has 1 N–H and O–H groups in total. The van der Waals surface area contributed by atoms with E-state index in [2.05, 4.69) is 78.0 Å². The summed E-state index contributed by atoms with van der Waals surface area (Å²) in [5.74, 6) is -0.172. The first-order valence-corrected chi connectivity index (χ1v) is 15.7. The van der Waals surface area contributed by atoms with Crippen molar-refractivity contribution in [1.29, 1.82) is 0 Å². The molecule has 0 saturated carbocycles. The lowest BCUT2D eigenvalue weighted by atomic mass is 10.1. The van der Waals surface area contributed by atoms with Crippen LogP contribution in [-0.2, 0) is 4.79 Å². The molecule has 44 heavy (non-hydrogen) atoms. The van der Waals surface area contributed by atoms with Gasteiger partial charge in [0.25, 0.3) is 11.8 Å². The van der Waals surface area contributed by atoms with Gasteiger partial charge in [-0.2, -0.15) is 0 Å². The molecular formula is C37H46N4O3. The summed E-state index contributed by atoms with van der Waals surface area (Å²) < 4.78 is 0. The zero-order valence-electron chi connectivity index (χ0n) is 25.9. The normalized spacial score (nSPS) is 14.1. The molecule has 1 aromatic carbocycles. The molecule has 7 nitrogen and oxygen atoms in total. The number of benzene rings is 1. The Kier molecular flexibility index (Phi) is 15.7. The maximum atomic E-state index is 13.0. The molecule has 1 aliphatic heterocycles. The minimum absolute atomic E-state index is 0.0689. The number of anilines is 1. The average Bonchev–Trinajstić information content (AvgIpc) is 3.06. The Balaban J connectivity index is 1.25. The molecule has 2 aromatic rings. The molecule has 0 spiro atoms. The summed E-state index contributed by atoms with van der Waals surface area (Å²) >= 11 is 0. The highest BCUT2D eigenvalue weighted by molar-refractivity contribution is 6.04. The molecule has 0 radical (unpaired) electrons. The molecule has 232 valence electrons. The predicted octanol–water partition coefficient (Wildman–Crippen LogP) is 7.54. The molecule has 1 aromatic heterocycles. The number of nitrogens with zero attached hydrogens (tertiary/aromatic N) is 3. The molecule has 0 bridgehead atoms. The number of aromatic nitrogens is 1. The van der Waals surface area contributed by atoms with Crippen molar-refractivity contribution >= 4 is 23.4 Å². The van der Waals surface area contributed by atoms with Crippen LogP contribution in [0.2, 0.25) is 0 Å². The van der Waals surface area contributed by atoms with E-state index < -0.39 is 0 Å². The number of hydrogen-bond acceptors (Lipinski definition) is 4. The number of carbonyl (C=O) groups is 3. The molecule has 2 heterocycles. The van der Waals surface area contributed by atoms with Crippen molar-refractivity contribution in [2.45, 2.75) is 58.3 Å². The Labute approximate surface area is 262 Å². The van der Waals surface area contributed by atoms with Crippen LogP contribution in [0.1, 0.15) is 79.0 Å². The summed E-state index contributed by atoms with van der Waals surface area (Å²) in [6.45, 7) is 4.27. The summed E-state index contributed by atoms with van der Waals surface area (Å²) in [7, 11) is 0. The summed E-state index contributed by atoms with van der Waals surface area (Å²) in [5.41, 5.74) is 1.63. The van der Waals surface area contributed by atoms with E-state index in [0.29, 0.717) is 49.4 Å². The Morgan fingerprint density at radius 2 is 1.30 bits per heavy atom. The monoisotopic (exact) mass is 594 g/mol. The van der Waals surface area contributed by atoms with Crippen LogP contribution in [0.15, 0.2) is 110 Å². The molecule has 1 aliphatic rings. The SMILES string of the molecule is CC/C=C\C/C=C\C/C=C\C/C=C\C/C=C\CCCC(=O)N1CCN(C(=O)c2ccc(NC(=O)c3cccnc3)cc2)CC1. The first kappa shape index (κ1) is 34.0. The van der Waals surface area contributed by atoms with Gasteiger partial charge >= 0.3 is 0 Å². The van der Waals surface area contributed by atoms with Crippen LogP contribution < -0.4 is 5.32 Å². The third-order valence-electron chi connectivity index (χ3n) is 7.15. The number of unbranched alkanes of at least 4 members (excludes halogenated alkanes) is 1. The largest absolute Gasteiger partial charge is 0.339 e. The smallest absolute Gasteiger partial charge is 0.257 e. The zero-order chi connectivity index (χ0) is 31.2. The summed E-state index contributed by atoms with van der Waals surface area (Å²) in [5, 5.41) is 2.81. The number of hydrogen-bond donors (Lipinski definition) is 1. The quantitative estimate of drug-likeness (QED) is 0.161. The number of piperazine rings is 1. The van der Waals surface area contributed by atoms with Gasteiger partial charge in [-0.05, 0) is 81.3 Å². The van der Waals surface area contributed by atoms with Crippen molar-refractivity contribution in [2.24, 2.45) is 0 Å². The summed E-state index contributed by atoms with van der Waals surface area (Å²) in [4.78, 5) is 45.6. The van der Waals surface area contributed by atoms with Crippen molar-refractivity contribution in [3.8, 4) is 0 Å². The molecule has 1 saturated heterocycles. The van der Waals surface area contributed by atoms with Crippen molar-refractivity contribution in [3.05, 3.63) is 121 Å². The van der Waals surface area contributed by atoms with E-state index in [-0.39, 0.29) is 17.7 Å². The van der Waals surface area contributed by atoms with Crippen LogP contribution in [0.5, 0.6) is 0 Å². The predicted molar refractivity (Wildman–Crippen MR) is 179 cm³/mol. The third-order valence-corrected chi connectivity index (χ3v) is 7.15. The highest BCUT2D eigenvalue weighted by Gasteiger charge is 2.24. The van der Waals surface area contributed by atoms with Gasteiger partial charge in [-0.3, -0.25) is 19.4 Å². The molecule has 0 unspecified atom stereocenters. The Bertz CT molecular complexity index is 1300. The number of rotatable bonds is 16. The van der Waals surface area contributed by atoms with E-state index in [0.717, 1.165) is 44.9 Å². The Hall–Kier alpha value is -4.52. The van der Waals surface area contributed by atoms with Crippen LogP contribution in [0, 0.1) is 0 Å². The van der Waals surface area contributed by atoms with Gasteiger partial charge in [-0.1, -0.05) is 67.7 Å². The fourth-order valence-corrected chi connectivity index (χ4v) is 4.64. The zero-order valence-corrected chi connectivity index (χ0v) is 25.9. The van der Waals surface area contributed by atoms with E-state index in [4.69, 9.17) is 0 Å². The first-order valence-electron chi connectivity index (χ1n) is 15.7. The van der Waals surface area contributed by atoms with E-state index in [9.17, 15) is 14.4 Å². The van der Waals surface area contributed by atoms with E-state index in [1.165, 1.54) is 6.20 Å². The summed E-state index contributed by atoms with van der Waals surface area (Å²) in [6.07, 6.45) is 32.1. The van der Waals surface area contributed by atoms with Gasteiger partial charge in [-0.25, -0.2) is 0 Å². The van der Waals surface area contributed by atoms with Crippen molar-refractivity contribution in [1.82, 2.24) is 14.8 Å². The van der Waals surface area contributed by atoms with E-state index in [1.807, 2.05) is 4.90 Å². The van der Waals surface area contributed by atoms with Gasteiger partial charge < -0.3 is 15.1 Å². The van der Waals surface area contributed by atoms with Crippen molar-refractivity contribution in [2.75, 3.05) is 31.5 Å². The standard InChI is InChI=1S/C37H46N4O3/c1-2-3-4-5-6-7-8-9-10-11-12-13-14-15-16-17-18-21-35(42)40-27-29-41(30-28-40)37(44)32-22-24-34(25-23-32)39-36(43)33-20-19-26-38-31-33/h3-4,6-7,9-10,12-13,15-16,19-20,22-26,31H,2,5,8,11,14,17-18,21,27-30H2,1H3,(H,39,43)/b4-3-,7-6-,10-9-,13-12-,16-15-. The second-order valence-corrected chi connectivity index (χ2v) is 10.5. The second kappa shape index (κ2) is 20.4. The van der Waals surface area contributed by atoms with E-state index >= 15 is 0 Å². The van der Waals surface area contributed by atoms with Gasteiger partial charge in [0.15, 0.2) is 0 Å². The molecule has 3 amide bonds. The van der Waals surface area contributed by atoms with Crippen LogP contribution in [0.25, 0.3) is 0 Å². The lowest BCUT2D eigenvalue weighted by Gasteiger charge is -2.35. The molecular weight excluding hydrogens is 548 g/mol. The molecule has 0 aliphatic carbocycles. The molecule has 0 atom stereocenters. The van der Waals surface area contributed by atoms with Gasteiger partial charge in [0.05, 0.1) is 5.56 Å². The van der Waals surface area contributed by atoms with Gasteiger partial charge in [0, 0.05) is 56.2 Å². The van der Waals surface area contributed by atoms with Gasteiger partial charge in [0.1, 0.15) is 0 Å². The lowest BCUT2D eigenvalue weighted by molar-refractivity contribution is -0.132. The molecule has 1 fully saturated rings. The Morgan fingerprint density at radius 1 is 0.727 bits per heavy atom. The van der Waals surface area contributed by atoms with E-state index in [1.54, 1.807) is 47.5 Å². The molecule has 7 heteroatoms. The minimum atomic E-state index is -0.254. The van der Waals surface area contributed by atoms with Crippen LogP contribution >= 0.6 is 0 Å². The minimum Gasteiger partial charge on any atom is -0.339 e. The van der Waals surface area contributed by atoms with Crippen molar-refractivity contribution < 1.29 is 14.4 Å². The fraction of sp³-hybridized carbons (Fsp3) is 0.351. The maximum Gasteiger partial charge on any atom is 0.257 e. The number of carbonyl (C=O) groups excluding carboxylic acids is 3. The lowest BCUT2D eigenvalue weighted by Crippen LogP contribution is -2.50. The fourth-order valence-electron chi connectivity index (χ4n) is 4.64. The van der Waals surface area contributed by atoms with Gasteiger partial charge in [0.2, 0.25) is 5.91 Å². The topological polar surface area (TPSA) is 82.6 Å². The highest BCUT2D eigenvalue weighted by Crippen LogP contribution is 2.15. The third kappa shape index (κ3) is 12.8. The molecule has 3 rings (SSSR count). The highest BCUT2D eigenvalue weighted by atomic mass is 16.2. The number of allylic oxidation sites excluding steroid dienone is 10. The average molecular weight is 595 g/mol. The number of pyridine rings is 1. The van der Waals surface area contributed by atoms with Crippen LogP contribution in [0.3, 0.4) is 0 Å². The van der Waals surface area contributed by atoms with Gasteiger partial charge in [-0.15, -0.1) is 0 Å². The second-order valence-electron chi connectivity index (χ2n) is 10.5. The first-order chi connectivity index (χ1) is 21.6. The number of nitrogens with one attached hydrogen (secondary N) is 1. The number of amides is 3. The maximum absolute atomic E-state index is 13.0. The van der Waals surface area contributed by atoms with Crippen LogP contribution in [-0.4, -0.2) is 58.7 Å². The Morgan fingerprint density at radius 3 is 1.86 bits per heavy atom. The van der Waals surface area contributed by atoms with Crippen molar-refractivity contribution in [3.63, 3.8) is 0 Å².